The Kier molecular flexibility index (Phi) is 5.09. The van der Waals surface area contributed by atoms with E-state index in [2.05, 4.69) is 9.97 Å². The van der Waals surface area contributed by atoms with Crippen molar-refractivity contribution >= 4 is 16.7 Å². The number of piperidine rings is 1. The Morgan fingerprint density at radius 3 is 2.68 bits per heavy atom. The highest BCUT2D eigenvalue weighted by molar-refractivity contribution is 5.94. The van der Waals surface area contributed by atoms with Crippen LogP contribution in [0.15, 0.2) is 79.6 Å². The van der Waals surface area contributed by atoms with Gasteiger partial charge in [0, 0.05) is 54.4 Å². The SMILES string of the molecule is O=C(c1ccc(-n2ccnc2)cc1)N1CC[C@@H](Oc2ccc3ccncc3c2)[C@H](O)C1. The van der Waals surface area contributed by atoms with Crippen molar-refractivity contribution < 1.29 is 14.6 Å². The summed E-state index contributed by atoms with van der Waals surface area (Å²) in [6, 6.07) is 15.1. The third-order valence-corrected chi connectivity index (χ3v) is 5.62. The normalized spacial score (nSPS) is 18.8. The summed E-state index contributed by atoms with van der Waals surface area (Å²) in [5, 5.41) is 12.7. The van der Waals surface area contributed by atoms with Crippen LogP contribution in [0.4, 0.5) is 0 Å². The van der Waals surface area contributed by atoms with Gasteiger partial charge in [-0.15, -0.1) is 0 Å². The zero-order chi connectivity index (χ0) is 21.2. The van der Waals surface area contributed by atoms with Gasteiger partial charge < -0.3 is 19.3 Å². The van der Waals surface area contributed by atoms with E-state index < -0.39 is 6.10 Å². The van der Waals surface area contributed by atoms with Crippen molar-refractivity contribution in [2.75, 3.05) is 13.1 Å². The van der Waals surface area contributed by atoms with Crippen LogP contribution >= 0.6 is 0 Å². The topological polar surface area (TPSA) is 80.5 Å². The van der Waals surface area contributed by atoms with Crippen molar-refractivity contribution in [2.45, 2.75) is 18.6 Å². The van der Waals surface area contributed by atoms with Gasteiger partial charge in [0.1, 0.15) is 18.0 Å². The standard InChI is InChI=1S/C24H22N4O3/c29-22-15-27(24(30)18-1-4-20(5-2-18)28-12-10-26-16-28)11-8-23(22)31-21-6-3-17-7-9-25-14-19(17)13-21/h1-7,9-10,12-14,16,22-23,29H,8,11,15H2/t22-,23-/m1/s1. The summed E-state index contributed by atoms with van der Waals surface area (Å²) in [7, 11) is 0. The number of likely N-dealkylation sites (tertiary alicyclic amines) is 1. The average Bonchev–Trinajstić information content (AvgIpc) is 3.35. The van der Waals surface area contributed by atoms with Gasteiger partial charge in [0.25, 0.3) is 5.91 Å². The predicted molar refractivity (Wildman–Crippen MR) is 116 cm³/mol. The van der Waals surface area contributed by atoms with Crippen molar-refractivity contribution in [2.24, 2.45) is 0 Å². The summed E-state index contributed by atoms with van der Waals surface area (Å²) in [6.07, 6.45) is 8.26. The number of nitrogens with zero attached hydrogens (tertiary/aromatic N) is 4. The third-order valence-electron chi connectivity index (χ3n) is 5.62. The maximum Gasteiger partial charge on any atom is 0.253 e. The molecule has 2 aromatic carbocycles. The highest BCUT2D eigenvalue weighted by Gasteiger charge is 2.32. The molecular formula is C24H22N4O3. The monoisotopic (exact) mass is 414 g/mol. The lowest BCUT2D eigenvalue weighted by atomic mass is 10.0. The largest absolute Gasteiger partial charge is 0.488 e. The molecule has 0 bridgehead atoms. The number of pyridine rings is 1. The lowest BCUT2D eigenvalue weighted by Gasteiger charge is -2.36. The summed E-state index contributed by atoms with van der Waals surface area (Å²) in [5.74, 6) is 0.603. The number of fused-ring (bicyclic) bond motifs is 1. The van der Waals surface area contributed by atoms with Crippen molar-refractivity contribution in [1.29, 1.82) is 0 Å². The van der Waals surface area contributed by atoms with E-state index in [1.54, 1.807) is 42.0 Å². The van der Waals surface area contributed by atoms with E-state index in [0.717, 1.165) is 16.5 Å². The fourth-order valence-corrected chi connectivity index (χ4v) is 3.91. The molecule has 156 valence electrons. The second-order valence-electron chi connectivity index (χ2n) is 7.66. The lowest BCUT2D eigenvalue weighted by Crippen LogP contribution is -2.51. The summed E-state index contributed by atoms with van der Waals surface area (Å²) >= 11 is 0. The zero-order valence-electron chi connectivity index (χ0n) is 16.8. The number of benzene rings is 2. The van der Waals surface area contributed by atoms with E-state index >= 15 is 0 Å². The van der Waals surface area contributed by atoms with Gasteiger partial charge in [0.05, 0.1) is 12.9 Å². The Labute approximate surface area is 179 Å². The number of carbonyl (C=O) groups is 1. The molecule has 3 heterocycles. The number of aliphatic hydroxyl groups excluding tert-OH is 1. The summed E-state index contributed by atoms with van der Waals surface area (Å²) in [4.78, 5) is 22.8. The number of imidazole rings is 1. The van der Waals surface area contributed by atoms with Crippen LogP contribution in [0.2, 0.25) is 0 Å². The van der Waals surface area contributed by atoms with E-state index in [1.807, 2.05) is 47.2 Å². The maximum absolute atomic E-state index is 12.9. The molecule has 1 aliphatic heterocycles. The molecule has 1 aliphatic rings. The molecule has 0 unspecified atom stereocenters. The fourth-order valence-electron chi connectivity index (χ4n) is 3.91. The molecule has 5 rings (SSSR count). The first-order valence-electron chi connectivity index (χ1n) is 10.2. The second kappa shape index (κ2) is 8.20. The number of hydrogen-bond donors (Lipinski definition) is 1. The number of ether oxygens (including phenoxy) is 1. The minimum atomic E-state index is -0.757. The first kappa shape index (κ1) is 19.3. The van der Waals surface area contributed by atoms with Crippen molar-refractivity contribution in [3.8, 4) is 11.4 Å². The Morgan fingerprint density at radius 2 is 1.90 bits per heavy atom. The van der Waals surface area contributed by atoms with Crippen LogP contribution in [-0.2, 0) is 0 Å². The van der Waals surface area contributed by atoms with Gasteiger partial charge in [-0.1, -0.05) is 6.07 Å². The smallest absolute Gasteiger partial charge is 0.253 e. The Bertz CT molecular complexity index is 1190. The third kappa shape index (κ3) is 4.00. The molecule has 1 amide bonds. The zero-order valence-corrected chi connectivity index (χ0v) is 16.8. The minimum Gasteiger partial charge on any atom is -0.488 e. The Balaban J connectivity index is 1.23. The van der Waals surface area contributed by atoms with Crippen LogP contribution in [-0.4, -0.2) is 55.7 Å². The molecule has 1 fully saturated rings. The van der Waals surface area contributed by atoms with Gasteiger partial charge in [-0.3, -0.25) is 9.78 Å². The van der Waals surface area contributed by atoms with Crippen molar-refractivity contribution in [3.05, 3.63) is 85.2 Å². The number of aromatic nitrogens is 3. The molecule has 0 radical (unpaired) electrons. The van der Waals surface area contributed by atoms with Crippen LogP contribution in [0, 0.1) is 0 Å². The molecule has 7 nitrogen and oxygen atoms in total. The van der Waals surface area contributed by atoms with E-state index in [-0.39, 0.29) is 18.6 Å². The molecule has 4 aromatic rings. The van der Waals surface area contributed by atoms with Crippen molar-refractivity contribution in [1.82, 2.24) is 19.4 Å². The second-order valence-corrected chi connectivity index (χ2v) is 7.66. The molecule has 31 heavy (non-hydrogen) atoms. The quantitative estimate of drug-likeness (QED) is 0.555. The number of amides is 1. The lowest BCUT2D eigenvalue weighted by molar-refractivity contribution is -0.0198. The summed E-state index contributed by atoms with van der Waals surface area (Å²) in [6.45, 7) is 0.765. The van der Waals surface area contributed by atoms with E-state index in [1.165, 1.54) is 0 Å². The number of aliphatic hydroxyl groups is 1. The van der Waals surface area contributed by atoms with Gasteiger partial charge in [-0.25, -0.2) is 4.98 Å². The number of rotatable bonds is 4. The highest BCUT2D eigenvalue weighted by Crippen LogP contribution is 2.24. The minimum absolute atomic E-state index is 0.0912. The highest BCUT2D eigenvalue weighted by atomic mass is 16.5. The molecule has 1 N–H and O–H groups in total. The molecule has 0 aliphatic carbocycles. The molecule has 1 saturated heterocycles. The van der Waals surface area contributed by atoms with Crippen LogP contribution < -0.4 is 4.74 Å². The molecule has 0 spiro atoms. The van der Waals surface area contributed by atoms with E-state index in [0.29, 0.717) is 24.3 Å². The Hall–Kier alpha value is -3.71. The fraction of sp³-hybridized carbons (Fsp3) is 0.208. The molecule has 2 aromatic heterocycles. The van der Waals surface area contributed by atoms with Crippen LogP contribution in [0.25, 0.3) is 16.5 Å². The van der Waals surface area contributed by atoms with Gasteiger partial charge in [-0.2, -0.15) is 0 Å². The Morgan fingerprint density at radius 1 is 1.03 bits per heavy atom. The predicted octanol–water partition coefficient (Wildman–Crippen LogP) is 3.07. The molecule has 7 heteroatoms. The van der Waals surface area contributed by atoms with Gasteiger partial charge in [-0.05, 0) is 47.9 Å². The summed E-state index contributed by atoms with van der Waals surface area (Å²) < 4.78 is 7.92. The van der Waals surface area contributed by atoms with Gasteiger partial charge in [0.2, 0.25) is 0 Å². The maximum atomic E-state index is 12.9. The first-order valence-corrected chi connectivity index (χ1v) is 10.2. The van der Waals surface area contributed by atoms with E-state index in [9.17, 15) is 9.90 Å². The van der Waals surface area contributed by atoms with E-state index in [4.69, 9.17) is 4.74 Å². The van der Waals surface area contributed by atoms with Crippen LogP contribution in [0.5, 0.6) is 5.75 Å². The first-order chi connectivity index (χ1) is 15.2. The van der Waals surface area contributed by atoms with Gasteiger partial charge in [0.15, 0.2) is 0 Å². The van der Waals surface area contributed by atoms with Crippen molar-refractivity contribution in [3.63, 3.8) is 0 Å². The average molecular weight is 414 g/mol. The summed E-state index contributed by atoms with van der Waals surface area (Å²) in [5.41, 5.74) is 1.53. The number of carbonyl (C=O) groups excluding carboxylic acids is 1. The van der Waals surface area contributed by atoms with Crippen LogP contribution in [0.3, 0.4) is 0 Å². The van der Waals surface area contributed by atoms with Gasteiger partial charge >= 0.3 is 0 Å². The molecule has 0 saturated carbocycles. The van der Waals surface area contributed by atoms with Crippen LogP contribution in [0.1, 0.15) is 16.8 Å². The molecular weight excluding hydrogens is 392 g/mol. The number of hydrogen-bond acceptors (Lipinski definition) is 5. The number of β-amino-alcohol motifs (C(OH)–C–C–N with tert-alkyl or cyclic N) is 1. The molecule has 2 atom stereocenters.